The molecule has 1 atom stereocenters. The van der Waals surface area contributed by atoms with Crippen molar-refractivity contribution in [3.63, 3.8) is 0 Å². The van der Waals surface area contributed by atoms with Crippen molar-refractivity contribution in [2.45, 2.75) is 18.4 Å². The number of methoxy groups -OCH3 is 1. The third-order valence-corrected chi connectivity index (χ3v) is 3.81. The summed E-state index contributed by atoms with van der Waals surface area (Å²) in [6, 6.07) is 7.90. The first-order valence-corrected chi connectivity index (χ1v) is 7.01. The molecule has 0 radical (unpaired) electrons. The van der Waals surface area contributed by atoms with Gasteiger partial charge in [0, 0.05) is 13.7 Å². The molecule has 1 aromatic heterocycles. The van der Waals surface area contributed by atoms with E-state index in [1.54, 1.807) is 13.3 Å². The largest absolute Gasteiger partial charge is 0.383 e. The zero-order chi connectivity index (χ0) is 13.8. The number of ether oxygens (including phenoxy) is 1. The van der Waals surface area contributed by atoms with E-state index in [4.69, 9.17) is 4.74 Å². The first-order chi connectivity index (χ1) is 9.81. The summed E-state index contributed by atoms with van der Waals surface area (Å²) in [5.74, 6) is 0.813. The van der Waals surface area contributed by atoms with E-state index in [1.165, 1.54) is 6.42 Å². The molecular formula is C15H20N4O. The number of hydrogen-bond acceptors (Lipinski definition) is 5. The Hall–Kier alpha value is -1.72. The molecule has 1 aliphatic heterocycles. The summed E-state index contributed by atoms with van der Waals surface area (Å²) in [4.78, 5) is 9.00. The van der Waals surface area contributed by atoms with Crippen LogP contribution in [0.1, 0.15) is 12.8 Å². The fourth-order valence-electron chi connectivity index (χ4n) is 2.77. The average molecular weight is 272 g/mol. The van der Waals surface area contributed by atoms with Crippen LogP contribution in [-0.2, 0) is 4.74 Å². The highest BCUT2D eigenvalue weighted by atomic mass is 16.5. The minimum Gasteiger partial charge on any atom is -0.383 e. The van der Waals surface area contributed by atoms with E-state index in [-0.39, 0.29) is 5.54 Å². The normalized spacial score (nSPS) is 22.2. The van der Waals surface area contributed by atoms with E-state index in [9.17, 15) is 0 Å². The number of para-hydroxylation sites is 2. The van der Waals surface area contributed by atoms with Crippen molar-refractivity contribution >= 4 is 16.9 Å². The minimum absolute atomic E-state index is 0.0159. The lowest BCUT2D eigenvalue weighted by Crippen LogP contribution is -2.49. The van der Waals surface area contributed by atoms with E-state index in [2.05, 4.69) is 20.6 Å². The van der Waals surface area contributed by atoms with Crippen LogP contribution in [-0.4, -0.2) is 42.3 Å². The Morgan fingerprint density at radius 3 is 2.95 bits per heavy atom. The molecule has 0 bridgehead atoms. The minimum atomic E-state index is 0.0159. The van der Waals surface area contributed by atoms with E-state index in [0.29, 0.717) is 6.61 Å². The highest BCUT2D eigenvalue weighted by molar-refractivity contribution is 5.75. The van der Waals surface area contributed by atoms with Crippen molar-refractivity contribution in [1.82, 2.24) is 15.3 Å². The van der Waals surface area contributed by atoms with Crippen LogP contribution in [0.5, 0.6) is 0 Å². The van der Waals surface area contributed by atoms with Crippen LogP contribution in [0.15, 0.2) is 30.5 Å². The van der Waals surface area contributed by atoms with Crippen molar-refractivity contribution in [2.75, 3.05) is 32.1 Å². The molecule has 1 fully saturated rings. The molecule has 2 aromatic rings. The number of anilines is 1. The second-order valence-corrected chi connectivity index (χ2v) is 5.34. The van der Waals surface area contributed by atoms with Crippen molar-refractivity contribution in [2.24, 2.45) is 0 Å². The number of hydrogen-bond donors (Lipinski definition) is 2. The van der Waals surface area contributed by atoms with Crippen molar-refractivity contribution in [1.29, 1.82) is 0 Å². The second kappa shape index (κ2) is 5.73. The van der Waals surface area contributed by atoms with Gasteiger partial charge in [-0.1, -0.05) is 12.1 Å². The Bertz CT molecular complexity index is 581. The van der Waals surface area contributed by atoms with Gasteiger partial charge in [0.2, 0.25) is 0 Å². The molecule has 1 unspecified atom stereocenters. The maximum atomic E-state index is 5.35. The monoisotopic (exact) mass is 272 g/mol. The highest BCUT2D eigenvalue weighted by Crippen LogP contribution is 2.20. The Kier molecular flexibility index (Phi) is 3.80. The van der Waals surface area contributed by atoms with Gasteiger partial charge in [-0.2, -0.15) is 0 Å². The maximum Gasteiger partial charge on any atom is 0.145 e. The fourth-order valence-corrected chi connectivity index (χ4v) is 2.77. The van der Waals surface area contributed by atoms with Crippen LogP contribution < -0.4 is 10.6 Å². The van der Waals surface area contributed by atoms with Crippen LogP contribution in [0.25, 0.3) is 11.0 Å². The SMILES string of the molecule is COCC1(CNc2cnc3ccccc3n2)CCCN1. The molecule has 3 rings (SSSR count). The van der Waals surface area contributed by atoms with E-state index in [1.807, 2.05) is 24.3 Å². The lowest BCUT2D eigenvalue weighted by atomic mass is 9.99. The molecule has 1 aromatic carbocycles. The molecule has 0 saturated carbocycles. The van der Waals surface area contributed by atoms with Gasteiger partial charge in [-0.3, -0.25) is 4.98 Å². The third-order valence-electron chi connectivity index (χ3n) is 3.81. The van der Waals surface area contributed by atoms with Gasteiger partial charge in [-0.25, -0.2) is 4.98 Å². The first-order valence-electron chi connectivity index (χ1n) is 7.01. The molecular weight excluding hydrogens is 252 g/mol. The average Bonchev–Trinajstić information content (AvgIpc) is 2.94. The van der Waals surface area contributed by atoms with Crippen LogP contribution in [0.3, 0.4) is 0 Å². The predicted octanol–water partition coefficient (Wildman–Crippen LogP) is 1.81. The van der Waals surface area contributed by atoms with Gasteiger partial charge >= 0.3 is 0 Å². The van der Waals surface area contributed by atoms with E-state index < -0.39 is 0 Å². The Balaban J connectivity index is 1.72. The molecule has 0 amide bonds. The molecule has 1 saturated heterocycles. The Morgan fingerprint density at radius 2 is 2.20 bits per heavy atom. The summed E-state index contributed by atoms with van der Waals surface area (Å²) in [5.41, 5.74) is 1.85. The lowest BCUT2D eigenvalue weighted by Gasteiger charge is -2.29. The first kappa shape index (κ1) is 13.3. The number of fused-ring (bicyclic) bond motifs is 1. The maximum absolute atomic E-state index is 5.35. The van der Waals surface area contributed by atoms with Gasteiger partial charge in [-0.05, 0) is 31.5 Å². The summed E-state index contributed by atoms with van der Waals surface area (Å²) in [6.45, 7) is 2.56. The molecule has 106 valence electrons. The summed E-state index contributed by atoms with van der Waals surface area (Å²) >= 11 is 0. The van der Waals surface area contributed by atoms with Gasteiger partial charge in [0.15, 0.2) is 0 Å². The predicted molar refractivity (Wildman–Crippen MR) is 79.9 cm³/mol. The van der Waals surface area contributed by atoms with Crippen LogP contribution >= 0.6 is 0 Å². The molecule has 2 N–H and O–H groups in total. The molecule has 0 spiro atoms. The number of rotatable bonds is 5. The molecule has 20 heavy (non-hydrogen) atoms. The molecule has 0 aliphatic carbocycles. The summed E-state index contributed by atoms with van der Waals surface area (Å²) < 4.78 is 5.35. The van der Waals surface area contributed by atoms with Gasteiger partial charge in [0.25, 0.3) is 0 Å². The fraction of sp³-hybridized carbons (Fsp3) is 0.467. The summed E-state index contributed by atoms with van der Waals surface area (Å²) in [5, 5.41) is 6.93. The van der Waals surface area contributed by atoms with Gasteiger partial charge in [0.05, 0.1) is 29.4 Å². The summed E-state index contributed by atoms with van der Waals surface area (Å²) in [7, 11) is 1.75. The number of aromatic nitrogens is 2. The third kappa shape index (κ3) is 2.73. The van der Waals surface area contributed by atoms with Gasteiger partial charge in [0.1, 0.15) is 5.82 Å². The van der Waals surface area contributed by atoms with Gasteiger partial charge in [-0.15, -0.1) is 0 Å². The number of nitrogens with zero attached hydrogens (tertiary/aromatic N) is 2. The molecule has 5 nitrogen and oxygen atoms in total. The van der Waals surface area contributed by atoms with E-state index in [0.717, 1.165) is 36.4 Å². The van der Waals surface area contributed by atoms with Crippen LogP contribution in [0, 0.1) is 0 Å². The number of benzene rings is 1. The Labute approximate surface area is 118 Å². The second-order valence-electron chi connectivity index (χ2n) is 5.34. The standard InChI is InChI=1S/C15H20N4O/c1-20-11-15(7-4-8-18-15)10-17-14-9-16-12-5-2-3-6-13(12)19-14/h2-3,5-6,9,18H,4,7-8,10-11H2,1H3,(H,17,19). The van der Waals surface area contributed by atoms with Crippen LogP contribution in [0.4, 0.5) is 5.82 Å². The highest BCUT2D eigenvalue weighted by Gasteiger charge is 2.33. The zero-order valence-electron chi connectivity index (χ0n) is 11.7. The van der Waals surface area contributed by atoms with E-state index >= 15 is 0 Å². The van der Waals surface area contributed by atoms with Crippen molar-refractivity contribution in [3.8, 4) is 0 Å². The number of nitrogens with one attached hydrogen (secondary N) is 2. The van der Waals surface area contributed by atoms with Crippen LogP contribution in [0.2, 0.25) is 0 Å². The lowest BCUT2D eigenvalue weighted by molar-refractivity contribution is 0.127. The smallest absolute Gasteiger partial charge is 0.145 e. The molecule has 1 aliphatic rings. The zero-order valence-corrected chi connectivity index (χ0v) is 11.7. The molecule has 5 heteroatoms. The summed E-state index contributed by atoms with van der Waals surface area (Å²) in [6.07, 6.45) is 4.10. The van der Waals surface area contributed by atoms with Gasteiger partial charge < -0.3 is 15.4 Å². The quantitative estimate of drug-likeness (QED) is 0.869. The van der Waals surface area contributed by atoms with Crippen molar-refractivity contribution in [3.05, 3.63) is 30.5 Å². The molecule has 2 heterocycles. The topological polar surface area (TPSA) is 59.1 Å². The Morgan fingerprint density at radius 1 is 1.35 bits per heavy atom. The van der Waals surface area contributed by atoms with Crippen molar-refractivity contribution < 1.29 is 4.74 Å².